The summed E-state index contributed by atoms with van der Waals surface area (Å²) in [7, 11) is 0. The first-order valence-electron chi connectivity index (χ1n) is 6.72. The molecule has 2 rings (SSSR count). The minimum Gasteiger partial charge on any atom is -0.372 e. The maximum Gasteiger partial charge on any atom is 0.217 e. The Morgan fingerprint density at radius 2 is 1.95 bits per heavy atom. The molecule has 0 radical (unpaired) electrons. The molecule has 1 aliphatic heterocycles. The molecule has 0 saturated carbocycles. The van der Waals surface area contributed by atoms with Crippen molar-refractivity contribution in [3.8, 4) is 6.07 Å². The van der Waals surface area contributed by atoms with Gasteiger partial charge in [0.1, 0.15) is 0 Å². The molecule has 4 heteroatoms. The largest absolute Gasteiger partial charge is 0.372 e. The number of benzene rings is 1. The average Bonchev–Trinajstić information content (AvgIpc) is 2.46. The van der Waals surface area contributed by atoms with Gasteiger partial charge in [0.2, 0.25) is 5.91 Å². The number of nitriles is 1. The third-order valence-corrected chi connectivity index (χ3v) is 3.78. The Labute approximate surface area is 113 Å². The lowest BCUT2D eigenvalue weighted by atomic mass is 9.92. The number of piperidine rings is 1. The van der Waals surface area contributed by atoms with Gasteiger partial charge >= 0.3 is 0 Å². The standard InChI is InChI=1S/C15H19N3O/c16-11-13-1-4-14(5-2-13)18-9-7-12(8-10-18)3-6-15(17)19/h1-2,4-5,12H,3,6-10H2,(H2,17,19). The van der Waals surface area contributed by atoms with Crippen molar-refractivity contribution < 1.29 is 4.79 Å². The first kappa shape index (κ1) is 13.4. The quantitative estimate of drug-likeness (QED) is 0.897. The Morgan fingerprint density at radius 3 is 2.47 bits per heavy atom. The molecule has 100 valence electrons. The van der Waals surface area contributed by atoms with Gasteiger partial charge in [-0.2, -0.15) is 5.26 Å². The molecule has 1 aliphatic rings. The molecule has 1 saturated heterocycles. The number of nitrogens with zero attached hydrogens (tertiary/aromatic N) is 2. The van der Waals surface area contributed by atoms with Crippen molar-refractivity contribution in [2.75, 3.05) is 18.0 Å². The smallest absolute Gasteiger partial charge is 0.217 e. The number of carbonyl (C=O) groups is 1. The van der Waals surface area contributed by atoms with E-state index in [-0.39, 0.29) is 5.91 Å². The first-order chi connectivity index (χ1) is 9.19. The third-order valence-electron chi connectivity index (χ3n) is 3.78. The highest BCUT2D eigenvalue weighted by Crippen LogP contribution is 2.26. The van der Waals surface area contributed by atoms with E-state index in [2.05, 4.69) is 11.0 Å². The van der Waals surface area contributed by atoms with Gasteiger partial charge in [0.05, 0.1) is 11.6 Å². The lowest BCUT2D eigenvalue weighted by Crippen LogP contribution is -2.33. The molecule has 1 aromatic rings. The molecular formula is C15H19N3O. The second-order valence-electron chi connectivity index (χ2n) is 5.09. The van der Waals surface area contributed by atoms with Gasteiger partial charge in [0.25, 0.3) is 0 Å². The Balaban J connectivity index is 1.85. The van der Waals surface area contributed by atoms with Gasteiger partial charge in [-0.1, -0.05) is 0 Å². The highest BCUT2D eigenvalue weighted by atomic mass is 16.1. The van der Waals surface area contributed by atoms with Gasteiger partial charge in [-0.3, -0.25) is 4.79 Å². The number of amides is 1. The van der Waals surface area contributed by atoms with Crippen LogP contribution in [0, 0.1) is 17.2 Å². The molecule has 2 N–H and O–H groups in total. The number of anilines is 1. The van der Waals surface area contributed by atoms with E-state index in [1.54, 1.807) is 0 Å². The van der Waals surface area contributed by atoms with E-state index in [1.165, 1.54) is 5.69 Å². The van der Waals surface area contributed by atoms with Crippen LogP contribution in [0.1, 0.15) is 31.2 Å². The third kappa shape index (κ3) is 3.72. The fourth-order valence-corrected chi connectivity index (χ4v) is 2.57. The van der Waals surface area contributed by atoms with Crippen LogP contribution in [-0.4, -0.2) is 19.0 Å². The molecule has 1 heterocycles. The van der Waals surface area contributed by atoms with E-state index in [0.29, 0.717) is 17.9 Å². The predicted octanol–water partition coefficient (Wildman–Crippen LogP) is 2.04. The van der Waals surface area contributed by atoms with Crippen LogP contribution < -0.4 is 10.6 Å². The van der Waals surface area contributed by atoms with Crippen LogP contribution in [0.4, 0.5) is 5.69 Å². The van der Waals surface area contributed by atoms with Crippen molar-refractivity contribution in [1.29, 1.82) is 5.26 Å². The minimum atomic E-state index is -0.200. The number of hydrogen-bond donors (Lipinski definition) is 1. The summed E-state index contributed by atoms with van der Waals surface area (Å²) in [6.45, 7) is 2.02. The van der Waals surface area contributed by atoms with Crippen LogP contribution >= 0.6 is 0 Å². The summed E-state index contributed by atoms with van der Waals surface area (Å²) in [5, 5.41) is 8.78. The lowest BCUT2D eigenvalue weighted by molar-refractivity contribution is -0.118. The summed E-state index contributed by atoms with van der Waals surface area (Å²) < 4.78 is 0. The number of rotatable bonds is 4. The van der Waals surface area contributed by atoms with Gasteiger partial charge < -0.3 is 10.6 Å². The van der Waals surface area contributed by atoms with Crippen LogP contribution in [-0.2, 0) is 4.79 Å². The van der Waals surface area contributed by atoms with Crippen LogP contribution in [0.5, 0.6) is 0 Å². The molecule has 1 amide bonds. The van der Waals surface area contributed by atoms with Gasteiger partial charge in [0, 0.05) is 25.2 Å². The number of carbonyl (C=O) groups excluding carboxylic acids is 1. The predicted molar refractivity (Wildman–Crippen MR) is 74.5 cm³/mol. The van der Waals surface area contributed by atoms with Crippen LogP contribution in [0.25, 0.3) is 0 Å². The zero-order chi connectivity index (χ0) is 13.7. The van der Waals surface area contributed by atoms with E-state index in [0.717, 1.165) is 32.4 Å². The van der Waals surface area contributed by atoms with Gasteiger partial charge in [-0.15, -0.1) is 0 Å². The van der Waals surface area contributed by atoms with Crippen molar-refractivity contribution in [3.63, 3.8) is 0 Å². The zero-order valence-corrected chi connectivity index (χ0v) is 11.0. The summed E-state index contributed by atoms with van der Waals surface area (Å²) in [6, 6.07) is 9.85. The van der Waals surface area contributed by atoms with E-state index in [9.17, 15) is 4.79 Å². The van der Waals surface area contributed by atoms with Gasteiger partial charge in [0.15, 0.2) is 0 Å². The minimum absolute atomic E-state index is 0.200. The van der Waals surface area contributed by atoms with Crippen LogP contribution in [0.15, 0.2) is 24.3 Å². The Hall–Kier alpha value is -2.02. The van der Waals surface area contributed by atoms with Crippen molar-refractivity contribution in [2.45, 2.75) is 25.7 Å². The number of hydrogen-bond acceptors (Lipinski definition) is 3. The van der Waals surface area contributed by atoms with E-state index in [1.807, 2.05) is 24.3 Å². The Bertz CT molecular complexity index is 467. The molecule has 19 heavy (non-hydrogen) atoms. The van der Waals surface area contributed by atoms with Crippen molar-refractivity contribution in [2.24, 2.45) is 11.7 Å². The molecule has 1 aromatic carbocycles. The van der Waals surface area contributed by atoms with Crippen molar-refractivity contribution >= 4 is 11.6 Å². The molecule has 0 atom stereocenters. The van der Waals surface area contributed by atoms with Crippen LogP contribution in [0.3, 0.4) is 0 Å². The van der Waals surface area contributed by atoms with Crippen LogP contribution in [0.2, 0.25) is 0 Å². The molecule has 0 aromatic heterocycles. The first-order valence-corrected chi connectivity index (χ1v) is 6.72. The summed E-state index contributed by atoms with van der Waals surface area (Å²) >= 11 is 0. The van der Waals surface area contributed by atoms with Crippen molar-refractivity contribution in [3.05, 3.63) is 29.8 Å². The number of nitrogens with two attached hydrogens (primary N) is 1. The summed E-state index contributed by atoms with van der Waals surface area (Å²) in [5.74, 6) is 0.414. The molecule has 0 aliphatic carbocycles. The summed E-state index contributed by atoms with van der Waals surface area (Å²) in [4.78, 5) is 13.1. The highest BCUT2D eigenvalue weighted by Gasteiger charge is 2.19. The Kier molecular flexibility index (Phi) is 4.40. The SMILES string of the molecule is N#Cc1ccc(N2CCC(CCC(N)=O)CC2)cc1. The van der Waals surface area contributed by atoms with Gasteiger partial charge in [-0.05, 0) is 49.4 Å². The maximum atomic E-state index is 10.8. The topological polar surface area (TPSA) is 70.1 Å². The maximum absolute atomic E-state index is 10.8. The van der Waals surface area contributed by atoms with E-state index >= 15 is 0 Å². The lowest BCUT2D eigenvalue weighted by Gasteiger charge is -2.33. The number of primary amides is 1. The molecule has 0 bridgehead atoms. The average molecular weight is 257 g/mol. The highest BCUT2D eigenvalue weighted by molar-refractivity contribution is 5.73. The van der Waals surface area contributed by atoms with E-state index in [4.69, 9.17) is 11.0 Å². The summed E-state index contributed by atoms with van der Waals surface area (Å²) in [6.07, 6.45) is 3.62. The second-order valence-corrected chi connectivity index (χ2v) is 5.09. The second kappa shape index (κ2) is 6.24. The summed E-state index contributed by atoms with van der Waals surface area (Å²) in [5.41, 5.74) is 7.05. The monoisotopic (exact) mass is 257 g/mol. The normalized spacial score (nSPS) is 16.1. The zero-order valence-electron chi connectivity index (χ0n) is 11.0. The fourth-order valence-electron chi connectivity index (χ4n) is 2.57. The molecule has 0 unspecified atom stereocenters. The molecule has 0 spiro atoms. The van der Waals surface area contributed by atoms with E-state index < -0.39 is 0 Å². The van der Waals surface area contributed by atoms with Crippen molar-refractivity contribution in [1.82, 2.24) is 0 Å². The fraction of sp³-hybridized carbons (Fsp3) is 0.467. The van der Waals surface area contributed by atoms with Gasteiger partial charge in [-0.25, -0.2) is 0 Å². The molecular weight excluding hydrogens is 238 g/mol. The molecule has 4 nitrogen and oxygen atoms in total. The molecule has 1 fully saturated rings. The Morgan fingerprint density at radius 1 is 1.32 bits per heavy atom.